The second-order valence-corrected chi connectivity index (χ2v) is 5.40. The molecule has 0 aromatic rings. The van der Waals surface area contributed by atoms with Gasteiger partial charge in [-0.3, -0.25) is 0 Å². The number of nitrogens with one attached hydrogen (secondary N) is 1. The van der Waals surface area contributed by atoms with Gasteiger partial charge < -0.3 is 16.8 Å². The zero-order valence-electron chi connectivity index (χ0n) is 11.9. The average molecular weight is 243 g/mol. The largest absolute Gasteiger partial charge is 0.330 e. The Morgan fingerprint density at radius 3 is 1.53 bits per heavy atom. The molecule has 0 amide bonds. The predicted octanol–water partition coefficient (Wildman–Crippen LogP) is 2.11. The molecule has 0 fully saturated rings. The van der Waals surface area contributed by atoms with Crippen LogP contribution in [0.3, 0.4) is 0 Å². The number of nitrogens with two attached hydrogens (primary N) is 2. The monoisotopic (exact) mass is 243 g/mol. The summed E-state index contributed by atoms with van der Waals surface area (Å²) < 4.78 is 0. The van der Waals surface area contributed by atoms with Gasteiger partial charge in [-0.15, -0.1) is 0 Å². The van der Waals surface area contributed by atoms with E-state index >= 15 is 0 Å². The van der Waals surface area contributed by atoms with Crippen LogP contribution in [0.4, 0.5) is 0 Å². The lowest BCUT2D eigenvalue weighted by molar-refractivity contribution is 0.449. The van der Waals surface area contributed by atoms with Gasteiger partial charge in [0.15, 0.2) is 0 Å². The van der Waals surface area contributed by atoms with Gasteiger partial charge in [0.05, 0.1) is 0 Å². The van der Waals surface area contributed by atoms with Gasteiger partial charge in [-0.2, -0.15) is 0 Å². The number of rotatable bonds is 12. The van der Waals surface area contributed by atoms with Crippen LogP contribution in [-0.4, -0.2) is 26.2 Å². The molecule has 2 atom stereocenters. The standard InChI is InChI=1S/C14H33N3/c1-13(7-9-15)5-3-11-17-12-4-6-14(2)8-10-16/h13-14,17H,3-12,15-16H2,1-2H3. The molecule has 0 aliphatic carbocycles. The summed E-state index contributed by atoms with van der Waals surface area (Å²) in [5.74, 6) is 1.57. The van der Waals surface area contributed by atoms with E-state index in [-0.39, 0.29) is 0 Å². The lowest BCUT2D eigenvalue weighted by atomic mass is 10.0. The Labute approximate surface area is 108 Å². The smallest absolute Gasteiger partial charge is 0.00488 e. The van der Waals surface area contributed by atoms with Crippen molar-refractivity contribution >= 4 is 0 Å². The topological polar surface area (TPSA) is 64.1 Å². The molecule has 0 spiro atoms. The molecular weight excluding hydrogens is 210 g/mol. The van der Waals surface area contributed by atoms with E-state index in [0.717, 1.165) is 50.9 Å². The molecule has 0 bridgehead atoms. The first kappa shape index (κ1) is 16.9. The molecule has 3 nitrogen and oxygen atoms in total. The maximum absolute atomic E-state index is 5.53. The highest BCUT2D eigenvalue weighted by Gasteiger charge is 2.01. The van der Waals surface area contributed by atoms with Crippen LogP contribution in [0.1, 0.15) is 52.4 Å². The van der Waals surface area contributed by atoms with Crippen molar-refractivity contribution in [2.75, 3.05) is 26.2 Å². The highest BCUT2D eigenvalue weighted by molar-refractivity contribution is 4.58. The molecule has 0 saturated carbocycles. The van der Waals surface area contributed by atoms with E-state index in [9.17, 15) is 0 Å². The van der Waals surface area contributed by atoms with Crippen LogP contribution in [0, 0.1) is 11.8 Å². The van der Waals surface area contributed by atoms with Crippen LogP contribution >= 0.6 is 0 Å². The van der Waals surface area contributed by atoms with Crippen molar-refractivity contribution in [2.24, 2.45) is 23.3 Å². The Balaban J connectivity index is 3.13. The van der Waals surface area contributed by atoms with Gasteiger partial charge in [0.25, 0.3) is 0 Å². The minimum atomic E-state index is 0.784. The summed E-state index contributed by atoms with van der Waals surface area (Å²) in [6.07, 6.45) is 7.48. The Bertz CT molecular complexity index is 134. The van der Waals surface area contributed by atoms with Gasteiger partial charge in [0, 0.05) is 0 Å². The van der Waals surface area contributed by atoms with Gasteiger partial charge in [-0.1, -0.05) is 13.8 Å². The fraction of sp³-hybridized carbons (Fsp3) is 1.00. The average Bonchev–Trinajstić information content (AvgIpc) is 2.28. The zero-order chi connectivity index (χ0) is 12.9. The Kier molecular flexibility index (Phi) is 12.3. The van der Waals surface area contributed by atoms with E-state index in [1.165, 1.54) is 25.7 Å². The van der Waals surface area contributed by atoms with Crippen LogP contribution in [0.2, 0.25) is 0 Å². The minimum Gasteiger partial charge on any atom is -0.330 e. The van der Waals surface area contributed by atoms with Crippen molar-refractivity contribution in [3.63, 3.8) is 0 Å². The van der Waals surface area contributed by atoms with E-state index in [1.807, 2.05) is 0 Å². The third kappa shape index (κ3) is 12.1. The van der Waals surface area contributed by atoms with Gasteiger partial charge in [-0.05, 0) is 76.5 Å². The van der Waals surface area contributed by atoms with Crippen molar-refractivity contribution < 1.29 is 0 Å². The predicted molar refractivity (Wildman–Crippen MR) is 77.0 cm³/mol. The normalized spacial score (nSPS) is 14.8. The zero-order valence-corrected chi connectivity index (χ0v) is 11.9. The van der Waals surface area contributed by atoms with Crippen molar-refractivity contribution in [3.8, 4) is 0 Å². The molecule has 0 saturated heterocycles. The van der Waals surface area contributed by atoms with E-state index in [2.05, 4.69) is 19.2 Å². The molecular formula is C14H33N3. The van der Waals surface area contributed by atoms with Gasteiger partial charge in [0.2, 0.25) is 0 Å². The van der Waals surface area contributed by atoms with Gasteiger partial charge >= 0.3 is 0 Å². The van der Waals surface area contributed by atoms with E-state index < -0.39 is 0 Å². The lowest BCUT2D eigenvalue weighted by Crippen LogP contribution is -2.18. The van der Waals surface area contributed by atoms with Crippen LogP contribution in [0.25, 0.3) is 0 Å². The SMILES string of the molecule is CC(CCN)CCCNCCCC(C)CCN. The fourth-order valence-electron chi connectivity index (χ4n) is 2.13. The summed E-state index contributed by atoms with van der Waals surface area (Å²) in [5.41, 5.74) is 11.1. The molecule has 17 heavy (non-hydrogen) atoms. The quantitative estimate of drug-likeness (QED) is 0.460. The maximum atomic E-state index is 5.53. The first-order valence-electron chi connectivity index (χ1n) is 7.31. The Morgan fingerprint density at radius 2 is 1.18 bits per heavy atom. The molecule has 0 aliphatic heterocycles. The number of hydrogen-bond acceptors (Lipinski definition) is 3. The molecule has 104 valence electrons. The van der Waals surface area contributed by atoms with Crippen molar-refractivity contribution in [1.29, 1.82) is 0 Å². The highest BCUT2D eigenvalue weighted by atomic mass is 14.8. The summed E-state index contributed by atoms with van der Waals surface area (Å²) in [5, 5.41) is 3.52. The summed E-state index contributed by atoms with van der Waals surface area (Å²) in [6, 6.07) is 0. The molecule has 5 N–H and O–H groups in total. The summed E-state index contributed by atoms with van der Waals surface area (Å²) in [7, 11) is 0. The molecule has 3 heteroatoms. The lowest BCUT2D eigenvalue weighted by Gasteiger charge is -2.11. The molecule has 0 aliphatic rings. The third-order valence-electron chi connectivity index (χ3n) is 3.42. The number of hydrogen-bond donors (Lipinski definition) is 3. The second-order valence-electron chi connectivity index (χ2n) is 5.40. The first-order valence-corrected chi connectivity index (χ1v) is 7.31. The van der Waals surface area contributed by atoms with Crippen molar-refractivity contribution in [1.82, 2.24) is 5.32 Å². The second kappa shape index (κ2) is 12.3. The summed E-state index contributed by atoms with van der Waals surface area (Å²) >= 11 is 0. The van der Waals surface area contributed by atoms with Crippen LogP contribution < -0.4 is 16.8 Å². The van der Waals surface area contributed by atoms with Gasteiger partial charge in [-0.25, -0.2) is 0 Å². The van der Waals surface area contributed by atoms with E-state index in [1.54, 1.807) is 0 Å². The van der Waals surface area contributed by atoms with Crippen LogP contribution in [-0.2, 0) is 0 Å². The van der Waals surface area contributed by atoms with Crippen molar-refractivity contribution in [3.05, 3.63) is 0 Å². The van der Waals surface area contributed by atoms with Crippen LogP contribution in [0.15, 0.2) is 0 Å². The molecule has 0 rings (SSSR count). The van der Waals surface area contributed by atoms with Gasteiger partial charge in [0.1, 0.15) is 0 Å². The van der Waals surface area contributed by atoms with E-state index in [0.29, 0.717) is 0 Å². The van der Waals surface area contributed by atoms with Crippen LogP contribution in [0.5, 0.6) is 0 Å². The Hall–Kier alpha value is -0.120. The first-order chi connectivity index (χ1) is 8.20. The molecule has 0 aromatic carbocycles. The van der Waals surface area contributed by atoms with Crippen molar-refractivity contribution in [2.45, 2.75) is 52.4 Å². The fourth-order valence-corrected chi connectivity index (χ4v) is 2.13. The molecule has 0 aromatic heterocycles. The maximum Gasteiger partial charge on any atom is -0.00488 e. The van der Waals surface area contributed by atoms with E-state index in [4.69, 9.17) is 11.5 Å². The Morgan fingerprint density at radius 1 is 0.765 bits per heavy atom. The highest BCUT2D eigenvalue weighted by Crippen LogP contribution is 2.09. The minimum absolute atomic E-state index is 0.784. The summed E-state index contributed by atoms with van der Waals surface area (Å²) in [4.78, 5) is 0. The third-order valence-corrected chi connectivity index (χ3v) is 3.42. The summed E-state index contributed by atoms with van der Waals surface area (Å²) in [6.45, 7) is 8.55. The molecule has 2 unspecified atom stereocenters. The molecule has 0 heterocycles. The molecule has 0 radical (unpaired) electrons.